The van der Waals surface area contributed by atoms with Crippen LogP contribution in [0.15, 0.2) is 53.4 Å². The molecule has 2 heterocycles. The standard InChI is InChI=1S/C27H37F3N4O2/c1-6-23(36-15-14-31-13-9-12-28)33-26(35-5)19(3)25-24-21(20-10-7-8-11-22(20)32-24)16-18(2)34(25)17-27(4,29)30/h6-8,10-11,18,25,31-32H,3,9,12-17H2,1-2,4-5H3/b23-6+,33-26?/t18-,25-/m1/s1. The number of fused-ring (bicyclic) bond motifs is 3. The van der Waals surface area contributed by atoms with Crippen molar-refractivity contribution in [1.82, 2.24) is 15.2 Å². The van der Waals surface area contributed by atoms with Crippen LogP contribution in [0.2, 0.25) is 0 Å². The van der Waals surface area contributed by atoms with Crippen LogP contribution in [-0.2, 0) is 15.9 Å². The molecular weight excluding hydrogens is 469 g/mol. The Labute approximate surface area is 211 Å². The number of halogens is 3. The van der Waals surface area contributed by atoms with Gasteiger partial charge >= 0.3 is 0 Å². The predicted octanol–water partition coefficient (Wildman–Crippen LogP) is 5.54. The zero-order valence-corrected chi connectivity index (χ0v) is 21.5. The second-order valence-corrected chi connectivity index (χ2v) is 9.18. The average Bonchev–Trinajstić information content (AvgIpc) is 3.20. The summed E-state index contributed by atoms with van der Waals surface area (Å²) in [6.45, 7) is 9.57. The molecule has 6 nitrogen and oxygen atoms in total. The average molecular weight is 507 g/mol. The molecular formula is C27H37F3N4O2. The lowest BCUT2D eigenvalue weighted by molar-refractivity contribution is -0.0366. The van der Waals surface area contributed by atoms with Gasteiger partial charge in [0.05, 0.1) is 26.4 Å². The molecule has 2 atom stereocenters. The van der Waals surface area contributed by atoms with E-state index in [1.165, 1.54) is 7.11 Å². The highest BCUT2D eigenvalue weighted by atomic mass is 19.3. The molecule has 0 fully saturated rings. The van der Waals surface area contributed by atoms with E-state index in [9.17, 15) is 13.2 Å². The Morgan fingerprint density at radius 3 is 2.75 bits per heavy atom. The molecule has 1 aliphatic heterocycles. The Bertz CT molecular complexity index is 1090. The van der Waals surface area contributed by atoms with Gasteiger partial charge < -0.3 is 19.8 Å². The fourth-order valence-electron chi connectivity index (χ4n) is 4.64. The quantitative estimate of drug-likeness (QED) is 0.172. The summed E-state index contributed by atoms with van der Waals surface area (Å²) in [5.41, 5.74) is 3.34. The second-order valence-electron chi connectivity index (χ2n) is 9.18. The van der Waals surface area contributed by atoms with Crippen LogP contribution in [0.5, 0.6) is 0 Å². The van der Waals surface area contributed by atoms with Crippen molar-refractivity contribution in [3.05, 3.63) is 59.6 Å². The van der Waals surface area contributed by atoms with Crippen molar-refractivity contribution < 1.29 is 22.6 Å². The molecule has 0 aliphatic carbocycles. The molecule has 1 aliphatic rings. The van der Waals surface area contributed by atoms with Crippen molar-refractivity contribution in [2.24, 2.45) is 4.99 Å². The summed E-state index contributed by atoms with van der Waals surface area (Å²) in [6.07, 6.45) is 2.78. The van der Waals surface area contributed by atoms with Crippen molar-refractivity contribution in [2.45, 2.75) is 51.6 Å². The largest absolute Gasteiger partial charge is 0.481 e. The van der Waals surface area contributed by atoms with Gasteiger partial charge in [0.1, 0.15) is 6.61 Å². The molecule has 9 heteroatoms. The minimum absolute atomic E-state index is 0.157. The van der Waals surface area contributed by atoms with Crippen molar-refractivity contribution in [1.29, 1.82) is 0 Å². The maximum absolute atomic E-state index is 14.3. The van der Waals surface area contributed by atoms with Gasteiger partial charge in [0.15, 0.2) is 0 Å². The number of rotatable bonds is 12. The third-order valence-electron chi connectivity index (χ3n) is 6.25. The lowest BCUT2D eigenvalue weighted by atomic mass is 9.88. The maximum atomic E-state index is 14.3. The van der Waals surface area contributed by atoms with Crippen LogP contribution in [-0.4, -0.2) is 67.8 Å². The van der Waals surface area contributed by atoms with Crippen LogP contribution in [0, 0.1) is 0 Å². The van der Waals surface area contributed by atoms with E-state index in [2.05, 4.69) is 21.9 Å². The van der Waals surface area contributed by atoms with E-state index in [-0.39, 0.29) is 18.6 Å². The van der Waals surface area contributed by atoms with Crippen LogP contribution < -0.4 is 5.32 Å². The number of hydrogen-bond acceptors (Lipinski definition) is 5. The molecule has 1 aromatic heterocycles. The SMILES string of the molecule is C=C(C(=N/C(=C\C)OCCNCCCF)OC)[C@@H]1c2[nH]c3ccccc3c2C[C@@H](C)N1CC(C)(F)F. The van der Waals surface area contributed by atoms with E-state index < -0.39 is 18.5 Å². The molecule has 0 radical (unpaired) electrons. The van der Waals surface area contributed by atoms with Crippen LogP contribution in [0.25, 0.3) is 10.9 Å². The van der Waals surface area contributed by atoms with Crippen molar-refractivity contribution >= 4 is 16.8 Å². The van der Waals surface area contributed by atoms with Gasteiger partial charge in [0.2, 0.25) is 11.8 Å². The van der Waals surface area contributed by atoms with Crippen LogP contribution in [0.3, 0.4) is 0 Å². The first-order valence-electron chi connectivity index (χ1n) is 12.3. The number of allylic oxidation sites excluding steroid dienone is 1. The summed E-state index contributed by atoms with van der Waals surface area (Å²) in [6, 6.07) is 7.20. The number of aromatic nitrogens is 1. The number of benzene rings is 1. The molecule has 0 saturated carbocycles. The number of para-hydroxylation sites is 1. The van der Waals surface area contributed by atoms with E-state index >= 15 is 0 Å². The van der Waals surface area contributed by atoms with Gasteiger partial charge in [-0.1, -0.05) is 24.8 Å². The van der Waals surface area contributed by atoms with Gasteiger partial charge in [-0.15, -0.1) is 0 Å². The number of nitrogens with zero attached hydrogens (tertiary/aromatic N) is 2. The first-order valence-corrected chi connectivity index (χ1v) is 12.3. The first kappa shape index (κ1) is 27.8. The Balaban J connectivity index is 1.92. The summed E-state index contributed by atoms with van der Waals surface area (Å²) < 4.78 is 52.2. The Kier molecular flexibility index (Phi) is 9.62. The lowest BCUT2D eigenvalue weighted by Gasteiger charge is -2.42. The van der Waals surface area contributed by atoms with Crippen LogP contribution in [0.1, 0.15) is 44.5 Å². The molecule has 0 unspecified atom stereocenters. The summed E-state index contributed by atoms with van der Waals surface area (Å²) in [4.78, 5) is 9.74. The van der Waals surface area contributed by atoms with E-state index in [0.29, 0.717) is 44.0 Å². The normalized spacial score (nSPS) is 19.4. The summed E-state index contributed by atoms with van der Waals surface area (Å²) >= 11 is 0. The zero-order chi connectivity index (χ0) is 26.3. The fourth-order valence-corrected chi connectivity index (χ4v) is 4.64. The number of methoxy groups -OCH3 is 1. The predicted molar refractivity (Wildman–Crippen MR) is 138 cm³/mol. The molecule has 0 bridgehead atoms. The summed E-state index contributed by atoms with van der Waals surface area (Å²) in [5, 5.41) is 4.17. The number of nitrogens with one attached hydrogen (secondary N) is 2. The van der Waals surface area contributed by atoms with E-state index in [1.54, 1.807) is 17.9 Å². The van der Waals surface area contributed by atoms with Gasteiger partial charge in [0.25, 0.3) is 5.92 Å². The van der Waals surface area contributed by atoms with E-state index in [1.807, 2.05) is 31.2 Å². The van der Waals surface area contributed by atoms with Crippen molar-refractivity contribution in [3.63, 3.8) is 0 Å². The Hall–Kier alpha value is -2.78. The molecule has 2 N–H and O–H groups in total. The van der Waals surface area contributed by atoms with Gasteiger partial charge in [-0.05, 0) is 50.9 Å². The highest BCUT2D eigenvalue weighted by Gasteiger charge is 2.41. The molecule has 1 aromatic carbocycles. The Morgan fingerprint density at radius 1 is 1.33 bits per heavy atom. The minimum Gasteiger partial charge on any atom is -0.481 e. The Morgan fingerprint density at radius 2 is 2.08 bits per heavy atom. The maximum Gasteiger partial charge on any atom is 0.257 e. The molecule has 0 amide bonds. The summed E-state index contributed by atoms with van der Waals surface area (Å²) in [7, 11) is 1.48. The van der Waals surface area contributed by atoms with E-state index in [4.69, 9.17) is 9.47 Å². The topological polar surface area (TPSA) is 61.9 Å². The molecule has 0 spiro atoms. The monoisotopic (exact) mass is 506 g/mol. The third kappa shape index (κ3) is 6.70. The molecule has 198 valence electrons. The number of hydrogen-bond donors (Lipinski definition) is 2. The number of aromatic amines is 1. The minimum atomic E-state index is -2.90. The molecule has 2 aromatic rings. The van der Waals surface area contributed by atoms with Gasteiger partial charge in [0, 0.05) is 41.7 Å². The second kappa shape index (κ2) is 12.5. The van der Waals surface area contributed by atoms with Crippen molar-refractivity contribution in [2.75, 3.05) is 40.0 Å². The molecule has 36 heavy (non-hydrogen) atoms. The summed E-state index contributed by atoms with van der Waals surface area (Å²) in [5.74, 6) is -2.36. The zero-order valence-electron chi connectivity index (χ0n) is 21.5. The number of H-pyrrole nitrogens is 1. The van der Waals surface area contributed by atoms with Crippen LogP contribution >= 0.6 is 0 Å². The number of alkyl halides is 3. The smallest absolute Gasteiger partial charge is 0.257 e. The number of aliphatic imine (C=N–C) groups is 1. The first-order chi connectivity index (χ1) is 17.2. The third-order valence-corrected chi connectivity index (χ3v) is 6.25. The van der Waals surface area contributed by atoms with Crippen LogP contribution in [0.4, 0.5) is 13.2 Å². The molecule has 3 rings (SSSR count). The highest BCUT2D eigenvalue weighted by molar-refractivity contribution is 5.95. The van der Waals surface area contributed by atoms with Crippen molar-refractivity contribution in [3.8, 4) is 0 Å². The number of ether oxygens (including phenoxy) is 2. The fraction of sp³-hybridized carbons (Fsp3) is 0.519. The molecule has 0 saturated heterocycles. The highest BCUT2D eigenvalue weighted by Crippen LogP contribution is 2.42. The van der Waals surface area contributed by atoms with E-state index in [0.717, 1.165) is 29.1 Å². The van der Waals surface area contributed by atoms with Gasteiger partial charge in [-0.3, -0.25) is 9.29 Å². The van der Waals surface area contributed by atoms with Gasteiger partial charge in [-0.2, -0.15) is 4.99 Å². The van der Waals surface area contributed by atoms with Gasteiger partial charge in [-0.25, -0.2) is 8.78 Å². The lowest BCUT2D eigenvalue weighted by Crippen LogP contribution is -2.48.